The summed E-state index contributed by atoms with van der Waals surface area (Å²) in [7, 11) is -4.67. The summed E-state index contributed by atoms with van der Waals surface area (Å²) in [6.07, 6.45) is 1.95. The highest BCUT2D eigenvalue weighted by molar-refractivity contribution is 7.79. The molecule has 0 heterocycles. The van der Waals surface area contributed by atoms with Gasteiger partial charge in [0.05, 0.1) is 0 Å². The van der Waals surface area contributed by atoms with Gasteiger partial charge in [0.2, 0.25) is 0 Å². The molecule has 0 bridgehead atoms. The van der Waals surface area contributed by atoms with E-state index >= 15 is 0 Å². The van der Waals surface area contributed by atoms with Gasteiger partial charge >= 0.3 is 10.4 Å². The maximum Gasteiger partial charge on any atom is 0.394 e. The molecule has 0 amide bonds. The van der Waals surface area contributed by atoms with Crippen LogP contribution in [0.3, 0.4) is 0 Å². The van der Waals surface area contributed by atoms with Crippen LogP contribution in [0.25, 0.3) is 0 Å². The molecule has 2 aromatic carbocycles. The third kappa shape index (κ3) is 18.4. The van der Waals surface area contributed by atoms with Gasteiger partial charge in [-0.25, -0.2) is 0 Å². The molecule has 140 valence electrons. The lowest BCUT2D eigenvalue weighted by Crippen LogP contribution is -2.17. The molecule has 2 aromatic rings. The van der Waals surface area contributed by atoms with E-state index in [1.165, 1.54) is 11.1 Å². The first-order valence-electron chi connectivity index (χ1n) is 7.86. The Balaban J connectivity index is 0.000000368. The Kier molecular flexibility index (Phi) is 11.7. The Bertz CT molecular complexity index is 606. The van der Waals surface area contributed by atoms with Crippen molar-refractivity contribution in [2.24, 2.45) is 11.5 Å². The van der Waals surface area contributed by atoms with E-state index in [1.54, 1.807) is 0 Å². The van der Waals surface area contributed by atoms with Crippen molar-refractivity contribution in [3.05, 3.63) is 71.8 Å². The SMILES string of the molecule is CC(N)Cc1ccccc1.C[C@H](N)Cc1ccccc1.O=S(=O)(O)O. The summed E-state index contributed by atoms with van der Waals surface area (Å²) < 4.78 is 31.6. The zero-order valence-corrected chi connectivity index (χ0v) is 15.4. The van der Waals surface area contributed by atoms with Gasteiger partial charge in [0, 0.05) is 12.1 Å². The number of rotatable bonds is 4. The van der Waals surface area contributed by atoms with Crippen molar-refractivity contribution in [2.45, 2.75) is 38.8 Å². The van der Waals surface area contributed by atoms with Crippen molar-refractivity contribution < 1.29 is 17.5 Å². The van der Waals surface area contributed by atoms with Gasteiger partial charge in [0.15, 0.2) is 0 Å². The molecule has 0 saturated heterocycles. The lowest BCUT2D eigenvalue weighted by atomic mass is 10.1. The summed E-state index contributed by atoms with van der Waals surface area (Å²) in [5.41, 5.74) is 13.9. The minimum atomic E-state index is -4.67. The van der Waals surface area contributed by atoms with Crippen LogP contribution in [0.4, 0.5) is 0 Å². The van der Waals surface area contributed by atoms with Gasteiger partial charge in [-0.05, 0) is 37.8 Å². The van der Waals surface area contributed by atoms with Crippen molar-refractivity contribution in [3.8, 4) is 0 Å². The fraction of sp³-hybridized carbons (Fsp3) is 0.333. The molecule has 0 radical (unpaired) electrons. The van der Waals surface area contributed by atoms with Crippen LogP contribution in [-0.4, -0.2) is 29.6 Å². The molecule has 25 heavy (non-hydrogen) atoms. The van der Waals surface area contributed by atoms with Crippen LogP contribution >= 0.6 is 0 Å². The molecule has 2 atom stereocenters. The van der Waals surface area contributed by atoms with E-state index < -0.39 is 10.4 Å². The van der Waals surface area contributed by atoms with Gasteiger partial charge in [-0.1, -0.05) is 60.7 Å². The highest BCUT2D eigenvalue weighted by atomic mass is 32.3. The smallest absolute Gasteiger partial charge is 0.328 e. The van der Waals surface area contributed by atoms with Crippen molar-refractivity contribution in [1.82, 2.24) is 0 Å². The van der Waals surface area contributed by atoms with Crippen molar-refractivity contribution in [1.29, 1.82) is 0 Å². The largest absolute Gasteiger partial charge is 0.394 e. The Morgan fingerprint density at radius 1 is 0.760 bits per heavy atom. The standard InChI is InChI=1S/2C9H13N.H2O4S/c2*1-8(10)7-9-5-3-2-4-6-9;1-5(2,3)4/h2*2-6,8H,7,10H2,1H3;(H2,1,2,3,4)/t8-;;/m0../s1. The molecule has 0 aromatic heterocycles. The predicted molar refractivity (Wildman–Crippen MR) is 102 cm³/mol. The highest BCUT2D eigenvalue weighted by Gasteiger charge is 1.95. The number of benzene rings is 2. The topological polar surface area (TPSA) is 127 Å². The maximum absolute atomic E-state index is 8.74. The van der Waals surface area contributed by atoms with Crippen LogP contribution in [0.1, 0.15) is 25.0 Å². The second kappa shape index (κ2) is 12.6. The second-order valence-corrected chi connectivity index (χ2v) is 6.68. The summed E-state index contributed by atoms with van der Waals surface area (Å²) in [4.78, 5) is 0. The Morgan fingerprint density at radius 2 is 1.00 bits per heavy atom. The van der Waals surface area contributed by atoms with E-state index in [0.717, 1.165) is 12.8 Å². The summed E-state index contributed by atoms with van der Waals surface area (Å²) in [5, 5.41) is 0. The Labute approximate surface area is 150 Å². The molecule has 0 saturated carbocycles. The van der Waals surface area contributed by atoms with Crippen LogP contribution in [0.5, 0.6) is 0 Å². The Morgan fingerprint density at radius 3 is 1.20 bits per heavy atom. The quantitative estimate of drug-likeness (QED) is 0.614. The lowest BCUT2D eigenvalue weighted by Gasteiger charge is -2.02. The van der Waals surface area contributed by atoms with Crippen molar-refractivity contribution >= 4 is 10.4 Å². The van der Waals surface area contributed by atoms with Crippen LogP contribution in [0.15, 0.2) is 60.7 Å². The van der Waals surface area contributed by atoms with E-state index in [2.05, 4.69) is 24.3 Å². The predicted octanol–water partition coefficient (Wildman–Crippen LogP) is 2.50. The molecule has 7 heteroatoms. The average molecular weight is 368 g/mol. The van der Waals surface area contributed by atoms with E-state index in [1.807, 2.05) is 50.2 Å². The molecule has 0 aliphatic carbocycles. The van der Waals surface area contributed by atoms with Crippen LogP contribution < -0.4 is 11.5 Å². The maximum atomic E-state index is 8.74. The van der Waals surface area contributed by atoms with Crippen LogP contribution in [0, 0.1) is 0 Å². The first-order valence-corrected chi connectivity index (χ1v) is 9.26. The molecule has 0 aliphatic heterocycles. The second-order valence-electron chi connectivity index (χ2n) is 5.78. The van der Waals surface area contributed by atoms with Gasteiger partial charge in [0.25, 0.3) is 0 Å². The molecule has 0 fully saturated rings. The van der Waals surface area contributed by atoms with Gasteiger partial charge < -0.3 is 11.5 Å². The third-order valence-corrected chi connectivity index (χ3v) is 2.80. The number of hydrogen-bond acceptors (Lipinski definition) is 4. The van der Waals surface area contributed by atoms with E-state index in [-0.39, 0.29) is 12.1 Å². The van der Waals surface area contributed by atoms with Crippen molar-refractivity contribution in [2.75, 3.05) is 0 Å². The van der Waals surface area contributed by atoms with E-state index in [4.69, 9.17) is 29.0 Å². The Hall–Kier alpha value is -1.77. The number of hydrogen-bond donors (Lipinski definition) is 4. The lowest BCUT2D eigenvalue weighted by molar-refractivity contribution is 0.381. The summed E-state index contributed by atoms with van der Waals surface area (Å²) >= 11 is 0. The number of nitrogens with two attached hydrogens (primary N) is 2. The first kappa shape index (κ1) is 23.2. The summed E-state index contributed by atoms with van der Waals surface area (Å²) in [6, 6.07) is 21.1. The van der Waals surface area contributed by atoms with Gasteiger partial charge in [-0.15, -0.1) is 0 Å². The zero-order chi connectivity index (χ0) is 19.3. The van der Waals surface area contributed by atoms with Gasteiger partial charge in [0.1, 0.15) is 0 Å². The molecule has 6 N–H and O–H groups in total. The normalized spacial score (nSPS) is 12.7. The van der Waals surface area contributed by atoms with Crippen LogP contribution in [-0.2, 0) is 23.2 Å². The molecule has 2 rings (SSSR count). The molecular weight excluding hydrogens is 340 g/mol. The monoisotopic (exact) mass is 368 g/mol. The van der Waals surface area contributed by atoms with E-state index in [0.29, 0.717) is 0 Å². The minimum Gasteiger partial charge on any atom is -0.328 e. The molecule has 0 aliphatic rings. The fourth-order valence-electron chi connectivity index (χ4n) is 1.97. The minimum absolute atomic E-state index is 0.266. The summed E-state index contributed by atoms with van der Waals surface area (Å²) in [6.45, 7) is 4.04. The highest BCUT2D eigenvalue weighted by Crippen LogP contribution is 2.01. The van der Waals surface area contributed by atoms with Gasteiger partial charge in [-0.3, -0.25) is 9.11 Å². The van der Waals surface area contributed by atoms with Crippen molar-refractivity contribution in [3.63, 3.8) is 0 Å². The molecule has 1 unspecified atom stereocenters. The average Bonchev–Trinajstić information content (AvgIpc) is 2.47. The molecular formula is C18H28N2O4S. The summed E-state index contributed by atoms with van der Waals surface area (Å²) in [5.74, 6) is 0. The zero-order valence-electron chi connectivity index (χ0n) is 14.6. The van der Waals surface area contributed by atoms with E-state index in [9.17, 15) is 0 Å². The fourth-order valence-corrected chi connectivity index (χ4v) is 1.97. The molecule has 6 nitrogen and oxygen atoms in total. The molecule has 0 spiro atoms. The third-order valence-electron chi connectivity index (χ3n) is 2.80. The van der Waals surface area contributed by atoms with Gasteiger partial charge in [-0.2, -0.15) is 8.42 Å². The van der Waals surface area contributed by atoms with Crippen LogP contribution in [0.2, 0.25) is 0 Å². The first-order chi connectivity index (χ1) is 11.6.